The SMILES string of the molecule is N=C(N)c1ccc(OCCCN2CCN(CCCOc3ccc(C(=N)N)cc3)C2=N)cc1. The molecule has 1 heterocycles. The molecule has 9 nitrogen and oxygen atoms in total. The van der Waals surface area contributed by atoms with E-state index >= 15 is 0 Å². The Morgan fingerprint density at radius 2 is 1.09 bits per heavy atom. The lowest BCUT2D eigenvalue weighted by Gasteiger charge is -2.21. The minimum absolute atomic E-state index is 0.0449. The Labute approximate surface area is 188 Å². The van der Waals surface area contributed by atoms with Crippen LogP contribution in [0.5, 0.6) is 11.5 Å². The molecule has 0 atom stereocenters. The number of nitrogens with zero attached hydrogens (tertiary/aromatic N) is 2. The van der Waals surface area contributed by atoms with Crippen LogP contribution < -0.4 is 20.9 Å². The van der Waals surface area contributed by atoms with Gasteiger partial charge in [0.15, 0.2) is 5.96 Å². The second-order valence-corrected chi connectivity index (χ2v) is 7.58. The van der Waals surface area contributed by atoms with Crippen molar-refractivity contribution >= 4 is 17.6 Å². The fourth-order valence-corrected chi connectivity index (χ4v) is 3.44. The first-order valence-corrected chi connectivity index (χ1v) is 10.7. The molecule has 1 aliphatic rings. The van der Waals surface area contributed by atoms with E-state index in [1.54, 1.807) is 24.3 Å². The van der Waals surface area contributed by atoms with Gasteiger partial charge in [-0.25, -0.2) is 0 Å². The lowest BCUT2D eigenvalue weighted by atomic mass is 10.2. The Bertz CT molecular complexity index is 853. The number of rotatable bonds is 12. The predicted octanol–water partition coefficient (Wildman–Crippen LogP) is 2.05. The number of nitrogen functional groups attached to an aromatic ring is 2. The number of hydrogen-bond acceptors (Lipinski definition) is 5. The monoisotopic (exact) mass is 437 g/mol. The minimum Gasteiger partial charge on any atom is -0.494 e. The highest BCUT2D eigenvalue weighted by Crippen LogP contribution is 2.14. The van der Waals surface area contributed by atoms with E-state index in [0.717, 1.165) is 50.5 Å². The van der Waals surface area contributed by atoms with Crippen molar-refractivity contribution in [1.82, 2.24) is 9.80 Å². The number of amidine groups is 2. The van der Waals surface area contributed by atoms with E-state index in [0.29, 0.717) is 30.3 Å². The van der Waals surface area contributed by atoms with E-state index in [4.69, 9.17) is 37.2 Å². The molecular formula is C23H31N7O2. The zero-order valence-corrected chi connectivity index (χ0v) is 18.1. The highest BCUT2D eigenvalue weighted by Gasteiger charge is 2.23. The summed E-state index contributed by atoms with van der Waals surface area (Å²) in [4.78, 5) is 4.15. The van der Waals surface area contributed by atoms with Crippen LogP contribution in [0, 0.1) is 16.2 Å². The first kappa shape index (κ1) is 22.9. The normalized spacial score (nSPS) is 13.3. The lowest BCUT2D eigenvalue weighted by Crippen LogP contribution is -2.34. The van der Waals surface area contributed by atoms with Crippen molar-refractivity contribution in [2.75, 3.05) is 39.4 Å². The molecule has 1 fully saturated rings. The molecule has 0 saturated carbocycles. The van der Waals surface area contributed by atoms with Gasteiger partial charge < -0.3 is 30.7 Å². The van der Waals surface area contributed by atoms with Crippen molar-refractivity contribution in [2.24, 2.45) is 11.5 Å². The largest absolute Gasteiger partial charge is 0.494 e. The molecule has 170 valence electrons. The van der Waals surface area contributed by atoms with Gasteiger partial charge in [-0.1, -0.05) is 0 Å². The Hall–Kier alpha value is -3.75. The second-order valence-electron chi connectivity index (χ2n) is 7.58. The van der Waals surface area contributed by atoms with Crippen LogP contribution in [0.3, 0.4) is 0 Å². The van der Waals surface area contributed by atoms with Crippen molar-refractivity contribution < 1.29 is 9.47 Å². The van der Waals surface area contributed by atoms with Crippen LogP contribution in [-0.4, -0.2) is 66.8 Å². The summed E-state index contributed by atoms with van der Waals surface area (Å²) in [5.41, 5.74) is 12.3. The van der Waals surface area contributed by atoms with Crippen LogP contribution in [-0.2, 0) is 0 Å². The van der Waals surface area contributed by atoms with Crippen LogP contribution in [0.25, 0.3) is 0 Å². The lowest BCUT2D eigenvalue weighted by molar-refractivity contribution is 0.288. The van der Waals surface area contributed by atoms with Gasteiger partial charge in [-0.15, -0.1) is 0 Å². The zero-order valence-electron chi connectivity index (χ0n) is 18.1. The molecule has 32 heavy (non-hydrogen) atoms. The van der Waals surface area contributed by atoms with Crippen LogP contribution in [0.4, 0.5) is 0 Å². The van der Waals surface area contributed by atoms with Crippen LogP contribution in [0.2, 0.25) is 0 Å². The number of hydrogen-bond donors (Lipinski definition) is 5. The summed E-state index contributed by atoms with van der Waals surface area (Å²) >= 11 is 0. The maximum Gasteiger partial charge on any atom is 0.193 e. The van der Waals surface area contributed by atoms with E-state index in [9.17, 15) is 0 Å². The van der Waals surface area contributed by atoms with Crippen molar-refractivity contribution in [3.8, 4) is 11.5 Å². The molecule has 3 rings (SSSR count). The Morgan fingerprint density at radius 1 is 0.719 bits per heavy atom. The highest BCUT2D eigenvalue weighted by atomic mass is 16.5. The number of ether oxygens (including phenoxy) is 2. The van der Waals surface area contributed by atoms with Gasteiger partial charge in [0.1, 0.15) is 23.2 Å². The maximum atomic E-state index is 8.40. The summed E-state index contributed by atoms with van der Waals surface area (Å²) in [6.07, 6.45) is 1.65. The summed E-state index contributed by atoms with van der Waals surface area (Å²) in [5.74, 6) is 2.15. The van der Waals surface area contributed by atoms with E-state index in [1.165, 1.54) is 0 Å². The van der Waals surface area contributed by atoms with Gasteiger partial charge in [-0.2, -0.15) is 0 Å². The zero-order chi connectivity index (χ0) is 22.9. The number of nitrogens with two attached hydrogens (primary N) is 2. The number of guanidine groups is 1. The van der Waals surface area contributed by atoms with E-state index in [2.05, 4.69) is 9.80 Å². The van der Waals surface area contributed by atoms with Gasteiger partial charge in [-0.3, -0.25) is 16.2 Å². The first-order valence-electron chi connectivity index (χ1n) is 10.7. The fourth-order valence-electron chi connectivity index (χ4n) is 3.44. The van der Waals surface area contributed by atoms with Crippen molar-refractivity contribution in [2.45, 2.75) is 12.8 Å². The molecule has 0 aliphatic carbocycles. The smallest absolute Gasteiger partial charge is 0.193 e. The highest BCUT2D eigenvalue weighted by molar-refractivity contribution is 5.95. The van der Waals surface area contributed by atoms with E-state index in [1.807, 2.05) is 24.3 Å². The van der Waals surface area contributed by atoms with Gasteiger partial charge in [0.25, 0.3) is 0 Å². The maximum absolute atomic E-state index is 8.40. The van der Waals surface area contributed by atoms with Gasteiger partial charge in [0.05, 0.1) is 13.2 Å². The Balaban J connectivity index is 1.30. The molecular weight excluding hydrogens is 406 g/mol. The average molecular weight is 438 g/mol. The molecule has 0 unspecified atom stereocenters. The molecule has 0 radical (unpaired) electrons. The van der Waals surface area contributed by atoms with Crippen LogP contribution >= 0.6 is 0 Å². The van der Waals surface area contributed by atoms with Gasteiger partial charge in [0, 0.05) is 37.3 Å². The van der Waals surface area contributed by atoms with Crippen LogP contribution in [0.1, 0.15) is 24.0 Å². The summed E-state index contributed by atoms with van der Waals surface area (Å²) in [7, 11) is 0. The van der Waals surface area contributed by atoms with Gasteiger partial charge >= 0.3 is 0 Å². The summed E-state index contributed by atoms with van der Waals surface area (Å²) in [6, 6.07) is 14.4. The standard InChI is InChI=1S/C23H31N7O2/c24-21(25)17-3-7-19(8-4-17)31-15-1-11-29-13-14-30(23(29)28)12-2-16-32-20-9-5-18(6-10-20)22(26)27/h3-10,28H,1-2,11-16H2,(H3,24,25)(H3,26,27). The molecule has 0 bridgehead atoms. The molecule has 9 heteroatoms. The quantitative estimate of drug-likeness (QED) is 0.195. The summed E-state index contributed by atoms with van der Waals surface area (Å²) < 4.78 is 11.5. The molecule has 1 saturated heterocycles. The predicted molar refractivity (Wildman–Crippen MR) is 126 cm³/mol. The van der Waals surface area contributed by atoms with Crippen molar-refractivity contribution in [1.29, 1.82) is 16.2 Å². The first-order chi connectivity index (χ1) is 15.4. The van der Waals surface area contributed by atoms with E-state index < -0.39 is 0 Å². The van der Waals surface area contributed by atoms with Gasteiger partial charge in [-0.05, 0) is 61.4 Å². The Kier molecular flexibility index (Phi) is 7.91. The molecule has 7 N–H and O–H groups in total. The minimum atomic E-state index is 0.0449. The summed E-state index contributed by atoms with van der Waals surface area (Å²) in [6.45, 7) is 4.39. The van der Waals surface area contributed by atoms with Crippen molar-refractivity contribution in [3.05, 3.63) is 59.7 Å². The Morgan fingerprint density at radius 3 is 1.44 bits per heavy atom. The number of nitrogens with one attached hydrogen (secondary N) is 3. The third-order valence-electron chi connectivity index (χ3n) is 5.25. The molecule has 2 aromatic carbocycles. The second kappa shape index (κ2) is 11.0. The molecule has 0 amide bonds. The number of benzene rings is 2. The van der Waals surface area contributed by atoms with E-state index in [-0.39, 0.29) is 11.7 Å². The fraction of sp³-hybridized carbons (Fsp3) is 0.348. The van der Waals surface area contributed by atoms with Crippen molar-refractivity contribution in [3.63, 3.8) is 0 Å². The van der Waals surface area contributed by atoms with Gasteiger partial charge in [0.2, 0.25) is 0 Å². The third-order valence-corrected chi connectivity index (χ3v) is 5.25. The third kappa shape index (κ3) is 6.37. The average Bonchev–Trinajstić information content (AvgIpc) is 3.14. The molecule has 1 aliphatic heterocycles. The topological polar surface area (TPSA) is 149 Å². The molecule has 0 spiro atoms. The molecule has 0 aromatic heterocycles. The molecule has 2 aromatic rings. The summed E-state index contributed by atoms with van der Waals surface area (Å²) in [5, 5.41) is 23.2. The van der Waals surface area contributed by atoms with Crippen LogP contribution in [0.15, 0.2) is 48.5 Å².